The minimum Gasteiger partial charge on any atom is -0.318 e. The number of carbonyl (C=O) groups is 1. The molecule has 0 fully saturated rings. The Kier molecular flexibility index (Phi) is 7.87. The number of hydrazone groups is 1. The van der Waals surface area contributed by atoms with Crippen molar-refractivity contribution in [3.8, 4) is 5.69 Å². The Morgan fingerprint density at radius 2 is 1.65 bits per heavy atom. The molecule has 4 nitrogen and oxygen atoms in total. The lowest BCUT2D eigenvalue weighted by atomic mass is 10.1. The highest BCUT2D eigenvalue weighted by atomic mass is 35.5. The fraction of sp³-hybridized carbons (Fsp3) is 0.250. The van der Waals surface area contributed by atoms with Gasteiger partial charge in [-0.1, -0.05) is 52.5 Å². The van der Waals surface area contributed by atoms with Crippen molar-refractivity contribution in [2.75, 3.05) is 5.75 Å². The number of nitrogens with zero attached hydrogens (tertiary/aromatic N) is 2. The van der Waals surface area contributed by atoms with Crippen molar-refractivity contribution in [1.29, 1.82) is 0 Å². The van der Waals surface area contributed by atoms with E-state index < -0.39 is 0 Å². The summed E-state index contributed by atoms with van der Waals surface area (Å²) in [6, 6.07) is 13.9. The van der Waals surface area contributed by atoms with E-state index in [0.717, 1.165) is 28.4 Å². The fourth-order valence-electron chi connectivity index (χ4n) is 3.60. The van der Waals surface area contributed by atoms with Crippen LogP contribution in [0.1, 0.15) is 33.6 Å². The molecule has 0 aliphatic heterocycles. The molecular formula is C24H25Cl2N3OS. The zero-order chi connectivity index (χ0) is 22.5. The first-order chi connectivity index (χ1) is 14.7. The summed E-state index contributed by atoms with van der Waals surface area (Å²) in [5.74, 6) is 1.02. The van der Waals surface area contributed by atoms with Gasteiger partial charge in [0.25, 0.3) is 0 Å². The van der Waals surface area contributed by atoms with Gasteiger partial charge in [-0.2, -0.15) is 5.10 Å². The number of nitrogens with one attached hydrogen (secondary N) is 1. The molecule has 1 N–H and O–H groups in total. The number of halogens is 2. The predicted octanol–water partition coefficient (Wildman–Crippen LogP) is 6.40. The number of rotatable bonds is 7. The van der Waals surface area contributed by atoms with Crippen LogP contribution < -0.4 is 5.43 Å². The minimum absolute atomic E-state index is 0.124. The maximum absolute atomic E-state index is 12.1. The van der Waals surface area contributed by atoms with E-state index in [0.29, 0.717) is 15.8 Å². The molecule has 0 aliphatic rings. The second kappa shape index (κ2) is 10.4. The lowest BCUT2D eigenvalue weighted by Crippen LogP contribution is -2.19. The Morgan fingerprint density at radius 3 is 2.29 bits per heavy atom. The standard InChI is InChI=1S/C24H25Cl2N3OS/c1-15-5-16(2)7-19(6-15)13-31-14-24(30)28-27-12-20-8-17(3)29(18(20)4)23-10-21(25)9-22(26)11-23/h5-12H,13-14H2,1-4H3,(H,28,30)/b27-12-. The molecule has 1 heterocycles. The van der Waals surface area contributed by atoms with Crippen LogP contribution in [0.2, 0.25) is 10.0 Å². The smallest absolute Gasteiger partial charge is 0.250 e. The Morgan fingerprint density at radius 1 is 1.00 bits per heavy atom. The van der Waals surface area contributed by atoms with Crippen molar-refractivity contribution < 1.29 is 4.79 Å². The molecule has 1 aromatic heterocycles. The van der Waals surface area contributed by atoms with E-state index >= 15 is 0 Å². The molecule has 0 saturated carbocycles. The topological polar surface area (TPSA) is 46.4 Å². The molecule has 162 valence electrons. The van der Waals surface area contributed by atoms with Gasteiger partial charge in [-0.05, 0) is 57.5 Å². The Bertz CT molecular complexity index is 1100. The molecular weight excluding hydrogens is 449 g/mol. The van der Waals surface area contributed by atoms with Crippen LogP contribution in [0.5, 0.6) is 0 Å². The van der Waals surface area contributed by atoms with E-state index in [1.807, 2.05) is 32.0 Å². The first-order valence-corrected chi connectivity index (χ1v) is 11.8. The van der Waals surface area contributed by atoms with Gasteiger partial charge in [0.05, 0.1) is 12.0 Å². The summed E-state index contributed by atoms with van der Waals surface area (Å²) in [5, 5.41) is 5.30. The third-order valence-electron chi connectivity index (χ3n) is 4.75. The molecule has 7 heteroatoms. The summed E-state index contributed by atoms with van der Waals surface area (Å²) < 4.78 is 2.06. The normalized spacial score (nSPS) is 11.3. The lowest BCUT2D eigenvalue weighted by molar-refractivity contribution is -0.118. The van der Waals surface area contributed by atoms with Gasteiger partial charge >= 0.3 is 0 Å². The SMILES string of the molecule is Cc1cc(C)cc(CSCC(=O)N/N=C\c2cc(C)n(-c3cc(Cl)cc(Cl)c3)c2C)c1. The number of aromatic nitrogens is 1. The van der Waals surface area contributed by atoms with Crippen LogP contribution in [0.15, 0.2) is 47.6 Å². The summed E-state index contributed by atoms with van der Waals surface area (Å²) in [4.78, 5) is 12.1. The quantitative estimate of drug-likeness (QED) is 0.318. The van der Waals surface area contributed by atoms with Gasteiger partial charge in [-0.25, -0.2) is 5.43 Å². The van der Waals surface area contributed by atoms with Crippen LogP contribution in [0, 0.1) is 27.7 Å². The summed E-state index contributed by atoms with van der Waals surface area (Å²) in [6.45, 7) is 8.16. The van der Waals surface area contributed by atoms with Crippen molar-refractivity contribution in [2.45, 2.75) is 33.4 Å². The molecule has 2 aromatic carbocycles. The Hall–Kier alpha value is -2.21. The van der Waals surface area contributed by atoms with Gasteiger partial charge in [0.15, 0.2) is 0 Å². The monoisotopic (exact) mass is 473 g/mol. The van der Waals surface area contributed by atoms with Gasteiger partial charge in [0, 0.05) is 38.4 Å². The Labute approximate surface area is 197 Å². The van der Waals surface area contributed by atoms with Gasteiger partial charge in [-0.3, -0.25) is 4.79 Å². The predicted molar refractivity (Wildman–Crippen MR) is 133 cm³/mol. The molecule has 0 saturated heterocycles. The Balaban J connectivity index is 1.59. The van der Waals surface area contributed by atoms with E-state index in [4.69, 9.17) is 23.2 Å². The number of aryl methyl sites for hydroxylation is 3. The van der Waals surface area contributed by atoms with Crippen molar-refractivity contribution in [3.05, 3.63) is 86.2 Å². The minimum atomic E-state index is -0.124. The zero-order valence-corrected chi connectivity index (χ0v) is 20.3. The number of thioether (sulfide) groups is 1. The highest BCUT2D eigenvalue weighted by Crippen LogP contribution is 2.26. The molecule has 0 unspecified atom stereocenters. The van der Waals surface area contributed by atoms with Crippen LogP contribution in [-0.4, -0.2) is 22.4 Å². The summed E-state index contributed by atoms with van der Waals surface area (Å²) in [5.41, 5.74) is 10.1. The molecule has 0 aliphatic carbocycles. The second-order valence-electron chi connectivity index (χ2n) is 7.57. The first-order valence-electron chi connectivity index (χ1n) is 9.85. The zero-order valence-electron chi connectivity index (χ0n) is 18.0. The third-order valence-corrected chi connectivity index (χ3v) is 6.19. The largest absolute Gasteiger partial charge is 0.318 e. The average molecular weight is 474 g/mol. The van der Waals surface area contributed by atoms with Gasteiger partial charge < -0.3 is 4.57 Å². The molecule has 0 atom stereocenters. The first kappa shape index (κ1) is 23.5. The molecule has 0 radical (unpaired) electrons. The van der Waals surface area contributed by atoms with E-state index in [-0.39, 0.29) is 5.91 Å². The third kappa shape index (κ3) is 6.39. The van der Waals surface area contributed by atoms with Gasteiger partial charge in [-0.15, -0.1) is 11.8 Å². The average Bonchev–Trinajstić information content (AvgIpc) is 2.93. The summed E-state index contributed by atoms with van der Waals surface area (Å²) >= 11 is 13.9. The molecule has 3 aromatic rings. The van der Waals surface area contributed by atoms with Crippen LogP contribution in [0.4, 0.5) is 0 Å². The second-order valence-corrected chi connectivity index (χ2v) is 9.43. The molecule has 31 heavy (non-hydrogen) atoms. The van der Waals surface area contributed by atoms with Crippen LogP contribution in [-0.2, 0) is 10.5 Å². The highest BCUT2D eigenvalue weighted by Gasteiger charge is 2.11. The van der Waals surface area contributed by atoms with Crippen molar-refractivity contribution >= 4 is 47.1 Å². The van der Waals surface area contributed by atoms with Gasteiger partial charge in [0.1, 0.15) is 0 Å². The number of hydrogen-bond donors (Lipinski definition) is 1. The van der Waals surface area contributed by atoms with Crippen LogP contribution in [0.3, 0.4) is 0 Å². The number of benzene rings is 2. The molecule has 1 amide bonds. The summed E-state index contributed by atoms with van der Waals surface area (Å²) in [6.07, 6.45) is 1.66. The van der Waals surface area contributed by atoms with E-state index in [9.17, 15) is 4.79 Å². The van der Waals surface area contributed by atoms with Crippen molar-refractivity contribution in [1.82, 2.24) is 9.99 Å². The van der Waals surface area contributed by atoms with Crippen molar-refractivity contribution in [3.63, 3.8) is 0 Å². The van der Waals surface area contributed by atoms with E-state index in [1.54, 1.807) is 24.0 Å². The lowest BCUT2D eigenvalue weighted by Gasteiger charge is -2.10. The van der Waals surface area contributed by atoms with Crippen LogP contribution in [0.25, 0.3) is 5.69 Å². The maximum Gasteiger partial charge on any atom is 0.250 e. The number of carbonyl (C=O) groups excluding carboxylic acids is 1. The molecule has 0 spiro atoms. The molecule has 0 bridgehead atoms. The number of hydrogen-bond acceptors (Lipinski definition) is 3. The fourth-order valence-corrected chi connectivity index (χ4v) is 4.87. The van der Waals surface area contributed by atoms with Gasteiger partial charge in [0.2, 0.25) is 5.91 Å². The van der Waals surface area contributed by atoms with E-state index in [1.165, 1.54) is 16.7 Å². The highest BCUT2D eigenvalue weighted by molar-refractivity contribution is 7.99. The van der Waals surface area contributed by atoms with E-state index in [2.05, 4.69) is 47.1 Å². The van der Waals surface area contributed by atoms with Crippen LogP contribution >= 0.6 is 35.0 Å². The number of amides is 1. The summed E-state index contributed by atoms with van der Waals surface area (Å²) in [7, 11) is 0. The van der Waals surface area contributed by atoms with Crippen molar-refractivity contribution in [2.24, 2.45) is 5.10 Å². The molecule has 3 rings (SSSR count). The maximum atomic E-state index is 12.1.